The van der Waals surface area contributed by atoms with Crippen LogP contribution in [-0.4, -0.2) is 38.8 Å². The minimum Gasteiger partial charge on any atom is -0.339 e. The fraction of sp³-hybridized carbons (Fsp3) is 0.385. The van der Waals surface area contributed by atoms with Crippen LogP contribution >= 0.6 is 0 Å². The van der Waals surface area contributed by atoms with E-state index >= 15 is 0 Å². The van der Waals surface area contributed by atoms with Crippen molar-refractivity contribution >= 4 is 17.1 Å². The molecule has 0 unspecified atom stereocenters. The van der Waals surface area contributed by atoms with Gasteiger partial charge in [0, 0.05) is 31.7 Å². The van der Waals surface area contributed by atoms with E-state index in [9.17, 15) is 4.79 Å². The molecule has 1 amide bonds. The number of fused-ring (bicyclic) bond motifs is 1. The number of nitrogens with zero attached hydrogens (tertiary/aromatic N) is 4. The molecule has 0 saturated carbocycles. The molecule has 3 rings (SSSR count). The van der Waals surface area contributed by atoms with E-state index in [0.29, 0.717) is 16.7 Å². The smallest absolute Gasteiger partial charge is 0.255 e. The lowest BCUT2D eigenvalue weighted by molar-refractivity contribution is 0.0724. The van der Waals surface area contributed by atoms with E-state index in [1.807, 2.05) is 4.90 Å². The number of likely N-dealkylation sites (tertiary alicyclic amines) is 1. The first-order valence-corrected chi connectivity index (χ1v) is 6.20. The van der Waals surface area contributed by atoms with Crippen LogP contribution in [0.3, 0.4) is 0 Å². The molecule has 0 atom stereocenters. The summed E-state index contributed by atoms with van der Waals surface area (Å²) in [6, 6.07) is 1.77. The minimum atomic E-state index is 0.0507. The Morgan fingerprint density at radius 3 is 2.67 bits per heavy atom. The second kappa shape index (κ2) is 4.68. The summed E-state index contributed by atoms with van der Waals surface area (Å²) in [5, 5.41) is 0. The summed E-state index contributed by atoms with van der Waals surface area (Å²) in [6.45, 7) is 1.69. The Hall–Kier alpha value is -2.04. The Balaban J connectivity index is 1.91. The molecular weight excluding hydrogens is 228 g/mol. The number of carbonyl (C=O) groups is 1. The average molecular weight is 242 g/mol. The number of amides is 1. The van der Waals surface area contributed by atoms with Gasteiger partial charge in [-0.3, -0.25) is 9.78 Å². The molecule has 0 N–H and O–H groups in total. The lowest BCUT2D eigenvalue weighted by Crippen LogP contribution is -2.35. The largest absolute Gasteiger partial charge is 0.339 e. The van der Waals surface area contributed by atoms with Crippen molar-refractivity contribution < 1.29 is 4.79 Å². The predicted octanol–water partition coefficient (Wildman–Crippen LogP) is 1.65. The maximum atomic E-state index is 12.3. The van der Waals surface area contributed by atoms with Gasteiger partial charge in [-0.1, -0.05) is 0 Å². The van der Waals surface area contributed by atoms with Crippen LogP contribution in [0.15, 0.2) is 24.7 Å². The van der Waals surface area contributed by atoms with E-state index < -0.39 is 0 Å². The van der Waals surface area contributed by atoms with Crippen LogP contribution < -0.4 is 0 Å². The van der Waals surface area contributed by atoms with Gasteiger partial charge in [0.15, 0.2) is 5.65 Å². The van der Waals surface area contributed by atoms with E-state index in [-0.39, 0.29) is 5.91 Å². The van der Waals surface area contributed by atoms with Crippen LogP contribution in [-0.2, 0) is 0 Å². The Kier molecular flexibility index (Phi) is 2.88. The number of aromatic nitrogens is 3. The van der Waals surface area contributed by atoms with Crippen molar-refractivity contribution in [3.05, 3.63) is 30.2 Å². The molecule has 2 aromatic heterocycles. The third-order valence-electron chi connectivity index (χ3n) is 3.21. The van der Waals surface area contributed by atoms with Crippen LogP contribution in [0.1, 0.15) is 29.6 Å². The van der Waals surface area contributed by atoms with E-state index in [0.717, 1.165) is 25.9 Å². The lowest BCUT2D eigenvalue weighted by Gasteiger charge is -2.26. The second-order valence-electron chi connectivity index (χ2n) is 4.48. The molecule has 0 aliphatic carbocycles. The Labute approximate surface area is 105 Å². The molecule has 0 bridgehead atoms. The zero-order valence-electron chi connectivity index (χ0n) is 10.0. The van der Waals surface area contributed by atoms with Crippen molar-refractivity contribution in [1.29, 1.82) is 0 Å². The van der Waals surface area contributed by atoms with Crippen molar-refractivity contribution in [1.82, 2.24) is 19.9 Å². The van der Waals surface area contributed by atoms with Gasteiger partial charge in [-0.15, -0.1) is 0 Å². The Morgan fingerprint density at radius 2 is 1.83 bits per heavy atom. The summed E-state index contributed by atoms with van der Waals surface area (Å²) in [5.74, 6) is 0.0507. The Bertz CT molecular complexity index is 578. The summed E-state index contributed by atoms with van der Waals surface area (Å²) >= 11 is 0. The fourth-order valence-electron chi connectivity index (χ4n) is 2.25. The molecule has 1 fully saturated rings. The van der Waals surface area contributed by atoms with Crippen LogP contribution in [0.5, 0.6) is 0 Å². The van der Waals surface area contributed by atoms with Crippen LogP contribution in [0, 0.1) is 0 Å². The van der Waals surface area contributed by atoms with Crippen molar-refractivity contribution in [2.45, 2.75) is 19.3 Å². The Morgan fingerprint density at radius 1 is 1.06 bits per heavy atom. The highest BCUT2D eigenvalue weighted by molar-refractivity contribution is 5.96. The fourth-order valence-corrected chi connectivity index (χ4v) is 2.25. The molecule has 1 saturated heterocycles. The van der Waals surface area contributed by atoms with Crippen LogP contribution in [0.4, 0.5) is 0 Å². The van der Waals surface area contributed by atoms with Crippen molar-refractivity contribution in [3.63, 3.8) is 0 Å². The van der Waals surface area contributed by atoms with Crippen molar-refractivity contribution in [3.8, 4) is 0 Å². The maximum Gasteiger partial charge on any atom is 0.255 e. The van der Waals surface area contributed by atoms with Gasteiger partial charge in [0.1, 0.15) is 5.52 Å². The zero-order valence-corrected chi connectivity index (χ0v) is 10.0. The first kappa shape index (κ1) is 11.1. The molecule has 18 heavy (non-hydrogen) atoms. The first-order chi connectivity index (χ1) is 8.84. The number of piperidine rings is 1. The minimum absolute atomic E-state index is 0.0507. The predicted molar refractivity (Wildman–Crippen MR) is 67.1 cm³/mol. The van der Waals surface area contributed by atoms with Crippen molar-refractivity contribution in [2.24, 2.45) is 0 Å². The molecule has 0 spiro atoms. The highest BCUT2D eigenvalue weighted by atomic mass is 16.2. The normalized spacial score (nSPS) is 15.9. The SMILES string of the molecule is O=C(c1cnc2nccnc2c1)N1CCCCC1. The van der Waals surface area contributed by atoms with E-state index in [2.05, 4.69) is 15.0 Å². The van der Waals surface area contributed by atoms with Gasteiger partial charge in [-0.2, -0.15) is 0 Å². The summed E-state index contributed by atoms with van der Waals surface area (Å²) in [7, 11) is 0. The molecular formula is C13H14N4O. The molecule has 0 radical (unpaired) electrons. The van der Waals surface area contributed by atoms with Gasteiger partial charge in [-0.25, -0.2) is 9.97 Å². The molecule has 5 nitrogen and oxygen atoms in total. The number of hydrogen-bond donors (Lipinski definition) is 0. The number of pyridine rings is 1. The molecule has 1 aliphatic rings. The van der Waals surface area contributed by atoms with Crippen LogP contribution in [0.25, 0.3) is 11.2 Å². The van der Waals surface area contributed by atoms with Gasteiger partial charge in [0.2, 0.25) is 0 Å². The molecule has 3 heterocycles. The molecule has 92 valence electrons. The standard InChI is InChI=1S/C13H14N4O/c18-13(17-6-2-1-3-7-17)10-8-11-12(16-9-10)15-5-4-14-11/h4-5,8-9H,1-3,6-7H2. The average Bonchev–Trinajstić information content (AvgIpc) is 2.47. The maximum absolute atomic E-state index is 12.3. The molecule has 2 aromatic rings. The summed E-state index contributed by atoms with van der Waals surface area (Å²) in [4.78, 5) is 26.6. The third-order valence-corrected chi connectivity index (χ3v) is 3.21. The molecule has 1 aliphatic heterocycles. The zero-order chi connectivity index (χ0) is 12.4. The van der Waals surface area contributed by atoms with Gasteiger partial charge < -0.3 is 4.90 Å². The van der Waals surface area contributed by atoms with Gasteiger partial charge in [0.25, 0.3) is 5.91 Å². The van der Waals surface area contributed by atoms with Crippen LogP contribution in [0.2, 0.25) is 0 Å². The van der Waals surface area contributed by atoms with E-state index in [1.54, 1.807) is 24.7 Å². The highest BCUT2D eigenvalue weighted by Gasteiger charge is 2.18. The number of hydrogen-bond acceptors (Lipinski definition) is 4. The van der Waals surface area contributed by atoms with Gasteiger partial charge in [0.05, 0.1) is 5.56 Å². The van der Waals surface area contributed by atoms with Crippen molar-refractivity contribution in [2.75, 3.05) is 13.1 Å². The summed E-state index contributed by atoms with van der Waals surface area (Å²) in [6.07, 6.45) is 8.19. The third kappa shape index (κ3) is 2.03. The quantitative estimate of drug-likeness (QED) is 0.763. The summed E-state index contributed by atoms with van der Waals surface area (Å²) in [5.41, 5.74) is 1.85. The molecule has 0 aromatic carbocycles. The van der Waals surface area contributed by atoms with E-state index in [1.165, 1.54) is 6.42 Å². The monoisotopic (exact) mass is 242 g/mol. The second-order valence-corrected chi connectivity index (χ2v) is 4.48. The van der Waals surface area contributed by atoms with Gasteiger partial charge >= 0.3 is 0 Å². The first-order valence-electron chi connectivity index (χ1n) is 6.20. The summed E-state index contributed by atoms with van der Waals surface area (Å²) < 4.78 is 0. The van der Waals surface area contributed by atoms with E-state index in [4.69, 9.17) is 0 Å². The topological polar surface area (TPSA) is 59.0 Å². The number of rotatable bonds is 1. The van der Waals surface area contributed by atoms with Gasteiger partial charge in [-0.05, 0) is 25.3 Å². The number of carbonyl (C=O) groups excluding carboxylic acids is 1. The highest BCUT2D eigenvalue weighted by Crippen LogP contribution is 2.14. The molecule has 5 heteroatoms. The lowest BCUT2D eigenvalue weighted by atomic mass is 10.1.